The molecule has 1 N–H and O–H groups in total. The van der Waals surface area contributed by atoms with Crippen LogP contribution in [0.3, 0.4) is 0 Å². The van der Waals surface area contributed by atoms with Crippen molar-refractivity contribution in [2.45, 2.75) is 26.1 Å². The van der Waals surface area contributed by atoms with Crippen LogP contribution in [-0.2, 0) is 13.0 Å². The molecule has 31 heavy (non-hydrogen) atoms. The van der Waals surface area contributed by atoms with Crippen LogP contribution in [0.25, 0.3) is 28.3 Å². The van der Waals surface area contributed by atoms with Gasteiger partial charge in [0.25, 0.3) is 0 Å². The van der Waals surface area contributed by atoms with Crippen LogP contribution >= 0.6 is 0 Å². The Bertz CT molecular complexity index is 1290. The average Bonchev–Trinajstić information content (AvgIpc) is 3.42. The van der Waals surface area contributed by atoms with E-state index in [9.17, 15) is 0 Å². The maximum atomic E-state index is 5.43. The predicted molar refractivity (Wildman–Crippen MR) is 120 cm³/mol. The SMILES string of the molecule is COc1ccc2c(c1)CCn1c-2nc(-c2cccc(C)n2)c1C1=CN2N=CNC2C=C1. The second kappa shape index (κ2) is 6.84. The minimum Gasteiger partial charge on any atom is -0.497 e. The van der Waals surface area contributed by atoms with Crippen LogP contribution in [0.4, 0.5) is 0 Å². The number of nitrogens with one attached hydrogen (secondary N) is 1. The number of imidazole rings is 1. The molecule has 3 aliphatic heterocycles. The van der Waals surface area contributed by atoms with Crippen molar-refractivity contribution in [1.29, 1.82) is 0 Å². The Morgan fingerprint density at radius 2 is 2.10 bits per heavy atom. The summed E-state index contributed by atoms with van der Waals surface area (Å²) in [4.78, 5) is 9.92. The lowest BCUT2D eigenvalue weighted by Crippen LogP contribution is -2.32. The topological polar surface area (TPSA) is 67.6 Å². The second-order valence-corrected chi connectivity index (χ2v) is 7.90. The molecule has 154 valence electrons. The highest BCUT2D eigenvalue weighted by molar-refractivity contribution is 5.85. The third-order valence-electron chi connectivity index (χ3n) is 5.98. The molecule has 7 heteroatoms. The molecule has 0 bridgehead atoms. The molecule has 6 rings (SSSR count). The number of hydrogen-bond acceptors (Lipinski definition) is 6. The number of pyridine rings is 1. The van der Waals surface area contributed by atoms with Gasteiger partial charge in [0.1, 0.15) is 29.8 Å². The van der Waals surface area contributed by atoms with Gasteiger partial charge in [-0.3, -0.25) is 4.98 Å². The Morgan fingerprint density at radius 3 is 2.97 bits per heavy atom. The van der Waals surface area contributed by atoms with E-state index in [-0.39, 0.29) is 6.17 Å². The molecule has 0 saturated heterocycles. The van der Waals surface area contributed by atoms with Gasteiger partial charge in [0.2, 0.25) is 0 Å². The van der Waals surface area contributed by atoms with Crippen molar-refractivity contribution in [3.63, 3.8) is 0 Å². The highest BCUT2D eigenvalue weighted by Crippen LogP contribution is 2.39. The fraction of sp³-hybridized carbons (Fsp3) is 0.208. The highest BCUT2D eigenvalue weighted by atomic mass is 16.5. The molecule has 1 unspecified atom stereocenters. The van der Waals surface area contributed by atoms with Crippen molar-refractivity contribution in [3.8, 4) is 28.5 Å². The molecule has 5 heterocycles. The van der Waals surface area contributed by atoms with Crippen molar-refractivity contribution in [3.05, 3.63) is 71.7 Å². The summed E-state index contributed by atoms with van der Waals surface area (Å²) in [6, 6.07) is 12.3. The van der Waals surface area contributed by atoms with Crippen LogP contribution < -0.4 is 10.1 Å². The average molecular weight is 410 g/mol. The lowest BCUT2D eigenvalue weighted by molar-refractivity contribution is 0.351. The molecule has 0 saturated carbocycles. The quantitative estimate of drug-likeness (QED) is 0.715. The van der Waals surface area contributed by atoms with Gasteiger partial charge in [0.15, 0.2) is 0 Å². The number of aromatic nitrogens is 3. The summed E-state index contributed by atoms with van der Waals surface area (Å²) < 4.78 is 7.75. The van der Waals surface area contributed by atoms with E-state index in [2.05, 4.69) is 45.5 Å². The van der Waals surface area contributed by atoms with Crippen LogP contribution in [0.5, 0.6) is 5.75 Å². The molecule has 0 amide bonds. The molecular weight excluding hydrogens is 388 g/mol. The molecule has 0 spiro atoms. The van der Waals surface area contributed by atoms with Gasteiger partial charge in [0.05, 0.1) is 18.5 Å². The van der Waals surface area contributed by atoms with E-state index < -0.39 is 0 Å². The summed E-state index contributed by atoms with van der Waals surface area (Å²) in [6.45, 7) is 2.86. The zero-order valence-electron chi connectivity index (χ0n) is 17.4. The van der Waals surface area contributed by atoms with E-state index in [1.165, 1.54) is 5.56 Å². The maximum absolute atomic E-state index is 5.43. The van der Waals surface area contributed by atoms with Crippen molar-refractivity contribution >= 4 is 11.9 Å². The summed E-state index contributed by atoms with van der Waals surface area (Å²) in [5, 5.41) is 9.57. The van der Waals surface area contributed by atoms with Crippen LogP contribution in [0.1, 0.15) is 17.0 Å². The standard InChI is InChI=1S/C24H22N6O/c1-15-4-3-5-20(27-15)22-23(17-6-9-21-25-14-26-30(21)13-17)29-11-10-16-12-18(31-2)7-8-19(16)24(29)28-22/h3-9,12-14,21H,10-11H2,1-2H3,(H,25,26). The number of allylic oxidation sites excluding steroid dienone is 2. The molecule has 2 aromatic heterocycles. The van der Waals surface area contributed by atoms with Crippen LogP contribution in [-0.4, -0.2) is 39.2 Å². The van der Waals surface area contributed by atoms with Crippen LogP contribution in [0.15, 0.2) is 59.9 Å². The van der Waals surface area contributed by atoms with Gasteiger partial charge in [-0.1, -0.05) is 12.1 Å². The zero-order valence-corrected chi connectivity index (χ0v) is 17.4. The first-order chi connectivity index (χ1) is 15.2. The molecule has 3 aromatic rings. The summed E-state index contributed by atoms with van der Waals surface area (Å²) in [5.41, 5.74) is 7.30. The fourth-order valence-electron chi connectivity index (χ4n) is 4.48. The van der Waals surface area contributed by atoms with Crippen LogP contribution in [0, 0.1) is 6.92 Å². The third-order valence-corrected chi connectivity index (χ3v) is 5.98. The summed E-state index contributed by atoms with van der Waals surface area (Å²) in [6.07, 6.45) is 9.07. The van der Waals surface area contributed by atoms with Gasteiger partial charge in [0, 0.05) is 29.6 Å². The van der Waals surface area contributed by atoms with Gasteiger partial charge < -0.3 is 14.6 Å². The molecule has 0 aliphatic carbocycles. The van der Waals surface area contributed by atoms with Crippen molar-refractivity contribution in [2.75, 3.05) is 7.11 Å². The number of hydrazone groups is 1. The number of ether oxygens (including phenoxy) is 1. The molecule has 3 aliphatic rings. The minimum absolute atomic E-state index is 0.0706. The Hall–Kier alpha value is -3.87. The number of benzene rings is 1. The normalized spacial score (nSPS) is 18.2. The predicted octanol–water partition coefficient (Wildman–Crippen LogP) is 3.57. The first kappa shape index (κ1) is 17.9. The molecule has 0 radical (unpaired) electrons. The monoisotopic (exact) mass is 410 g/mol. The Kier molecular flexibility index (Phi) is 3.96. The van der Waals surface area contributed by atoms with E-state index in [0.717, 1.165) is 58.5 Å². The number of hydrogen-bond donors (Lipinski definition) is 1. The van der Waals surface area contributed by atoms with Gasteiger partial charge in [-0.2, -0.15) is 5.10 Å². The van der Waals surface area contributed by atoms with E-state index in [1.54, 1.807) is 13.4 Å². The summed E-state index contributed by atoms with van der Waals surface area (Å²) in [5.74, 6) is 1.85. The Balaban J connectivity index is 1.57. The zero-order chi connectivity index (χ0) is 20.9. The lowest BCUT2D eigenvalue weighted by Gasteiger charge is -2.24. The lowest BCUT2D eigenvalue weighted by atomic mass is 9.99. The van der Waals surface area contributed by atoms with E-state index in [0.29, 0.717) is 0 Å². The number of nitrogens with zero attached hydrogens (tertiary/aromatic N) is 5. The largest absolute Gasteiger partial charge is 0.497 e. The minimum atomic E-state index is 0.0706. The molecule has 1 atom stereocenters. The number of methoxy groups -OCH3 is 1. The smallest absolute Gasteiger partial charge is 0.141 e. The first-order valence-electron chi connectivity index (χ1n) is 10.4. The van der Waals surface area contributed by atoms with Gasteiger partial charge >= 0.3 is 0 Å². The van der Waals surface area contributed by atoms with E-state index in [4.69, 9.17) is 14.7 Å². The van der Waals surface area contributed by atoms with E-state index >= 15 is 0 Å². The van der Waals surface area contributed by atoms with Crippen molar-refractivity contribution in [2.24, 2.45) is 5.10 Å². The number of rotatable bonds is 3. The second-order valence-electron chi connectivity index (χ2n) is 7.90. The van der Waals surface area contributed by atoms with Gasteiger partial charge in [-0.15, -0.1) is 0 Å². The maximum Gasteiger partial charge on any atom is 0.141 e. The Morgan fingerprint density at radius 1 is 1.16 bits per heavy atom. The van der Waals surface area contributed by atoms with Crippen molar-refractivity contribution in [1.82, 2.24) is 24.9 Å². The van der Waals surface area contributed by atoms with Gasteiger partial charge in [-0.05, 0) is 55.3 Å². The van der Waals surface area contributed by atoms with Crippen LogP contribution in [0.2, 0.25) is 0 Å². The van der Waals surface area contributed by atoms with Gasteiger partial charge in [-0.25, -0.2) is 9.99 Å². The molecule has 0 fully saturated rings. The molecule has 1 aromatic carbocycles. The third kappa shape index (κ3) is 2.84. The number of aryl methyl sites for hydroxylation is 2. The summed E-state index contributed by atoms with van der Waals surface area (Å²) >= 11 is 0. The first-order valence-corrected chi connectivity index (χ1v) is 10.4. The highest BCUT2D eigenvalue weighted by Gasteiger charge is 2.29. The fourth-order valence-corrected chi connectivity index (χ4v) is 4.48. The Labute approximate surface area is 180 Å². The number of fused-ring (bicyclic) bond motifs is 4. The van der Waals surface area contributed by atoms with Crippen molar-refractivity contribution < 1.29 is 4.74 Å². The molecule has 7 nitrogen and oxygen atoms in total. The summed E-state index contributed by atoms with van der Waals surface area (Å²) in [7, 11) is 1.70. The molecular formula is C24H22N6O. The van der Waals surface area contributed by atoms with E-state index in [1.807, 2.05) is 36.2 Å².